The average molecular weight is 289 g/mol. The van der Waals surface area contributed by atoms with Crippen molar-refractivity contribution in [3.63, 3.8) is 0 Å². The minimum atomic E-state index is 0.450. The number of hydrogen-bond donors (Lipinski definition) is 3. The molecule has 106 valence electrons. The number of rotatable bonds is 4. The van der Waals surface area contributed by atoms with Crippen molar-refractivity contribution < 1.29 is 0 Å². The van der Waals surface area contributed by atoms with Crippen molar-refractivity contribution in [2.75, 3.05) is 17.0 Å². The molecule has 3 rings (SSSR count). The molecule has 0 spiro atoms. The molecule has 20 heavy (non-hydrogen) atoms. The molecule has 1 aromatic heterocycles. The molecule has 2 atom stereocenters. The normalized spacial score (nSPS) is 22.1. The van der Waals surface area contributed by atoms with E-state index in [1.807, 2.05) is 36.0 Å². The fourth-order valence-electron chi connectivity index (χ4n) is 2.73. The average Bonchev–Trinajstić information content (AvgIpc) is 2.94. The van der Waals surface area contributed by atoms with Crippen LogP contribution in [0.25, 0.3) is 10.9 Å². The molecular formula is C14H19N5S. The van der Waals surface area contributed by atoms with Crippen LogP contribution in [-0.4, -0.2) is 27.5 Å². The van der Waals surface area contributed by atoms with Crippen LogP contribution in [0.2, 0.25) is 0 Å². The van der Waals surface area contributed by atoms with Crippen LogP contribution in [0.4, 0.5) is 11.8 Å². The highest BCUT2D eigenvalue weighted by Crippen LogP contribution is 2.31. The predicted octanol–water partition coefficient (Wildman–Crippen LogP) is 2.61. The smallest absolute Gasteiger partial charge is 0.239 e. The second kappa shape index (κ2) is 5.85. The van der Waals surface area contributed by atoms with E-state index in [1.54, 1.807) is 0 Å². The SMILES string of the molecule is CSC1CCC(Nc2nc(NN)nc3ccccc23)C1. The summed E-state index contributed by atoms with van der Waals surface area (Å²) in [6.07, 6.45) is 5.83. The first-order valence-corrected chi connectivity index (χ1v) is 8.11. The fourth-order valence-corrected chi connectivity index (χ4v) is 3.53. The number of fused-ring (bicyclic) bond motifs is 1. The Kier molecular flexibility index (Phi) is 3.93. The van der Waals surface area contributed by atoms with E-state index in [0.29, 0.717) is 12.0 Å². The molecule has 0 radical (unpaired) electrons. The summed E-state index contributed by atoms with van der Waals surface area (Å²) in [6.45, 7) is 0. The molecule has 2 unspecified atom stereocenters. The lowest BCUT2D eigenvalue weighted by Crippen LogP contribution is -2.19. The standard InChI is InChI=1S/C14H19N5S/c1-20-10-7-6-9(8-10)16-13-11-4-2-3-5-12(11)17-14(18-13)19-15/h2-5,9-10H,6-8,15H2,1H3,(H2,16,17,18,19). The van der Waals surface area contributed by atoms with Gasteiger partial charge >= 0.3 is 0 Å². The summed E-state index contributed by atoms with van der Waals surface area (Å²) in [7, 11) is 0. The van der Waals surface area contributed by atoms with Gasteiger partial charge in [0, 0.05) is 16.7 Å². The highest BCUT2D eigenvalue weighted by molar-refractivity contribution is 7.99. The second-order valence-corrected chi connectivity index (χ2v) is 6.21. The molecule has 2 aromatic rings. The number of anilines is 2. The monoisotopic (exact) mass is 289 g/mol. The number of hydrazine groups is 1. The van der Waals surface area contributed by atoms with Gasteiger partial charge in [0.15, 0.2) is 0 Å². The summed E-state index contributed by atoms with van der Waals surface area (Å²) in [6, 6.07) is 8.47. The lowest BCUT2D eigenvalue weighted by atomic mass is 10.2. The quantitative estimate of drug-likeness (QED) is 0.593. The minimum absolute atomic E-state index is 0.450. The molecule has 4 N–H and O–H groups in total. The van der Waals surface area contributed by atoms with Gasteiger partial charge in [-0.2, -0.15) is 16.7 Å². The van der Waals surface area contributed by atoms with Gasteiger partial charge in [-0.05, 0) is 37.7 Å². The van der Waals surface area contributed by atoms with Crippen LogP contribution in [0.1, 0.15) is 19.3 Å². The van der Waals surface area contributed by atoms with Gasteiger partial charge in [0.25, 0.3) is 0 Å². The highest BCUT2D eigenvalue weighted by atomic mass is 32.2. The lowest BCUT2D eigenvalue weighted by Gasteiger charge is -2.16. The third kappa shape index (κ3) is 2.66. The molecule has 1 fully saturated rings. The van der Waals surface area contributed by atoms with Gasteiger partial charge in [-0.15, -0.1) is 0 Å². The van der Waals surface area contributed by atoms with E-state index in [9.17, 15) is 0 Å². The largest absolute Gasteiger partial charge is 0.367 e. The number of nitrogens with zero attached hydrogens (tertiary/aromatic N) is 2. The molecule has 0 bridgehead atoms. The lowest BCUT2D eigenvalue weighted by molar-refractivity contribution is 0.753. The van der Waals surface area contributed by atoms with Gasteiger partial charge < -0.3 is 5.32 Å². The maximum absolute atomic E-state index is 5.46. The second-order valence-electron chi connectivity index (χ2n) is 5.07. The molecular weight excluding hydrogens is 270 g/mol. The predicted molar refractivity (Wildman–Crippen MR) is 85.9 cm³/mol. The van der Waals surface area contributed by atoms with Gasteiger partial charge in [-0.1, -0.05) is 12.1 Å². The summed E-state index contributed by atoms with van der Waals surface area (Å²) in [5.41, 5.74) is 3.44. The zero-order chi connectivity index (χ0) is 13.9. The van der Waals surface area contributed by atoms with Crippen molar-refractivity contribution in [3.05, 3.63) is 24.3 Å². The third-order valence-corrected chi connectivity index (χ3v) is 4.89. The van der Waals surface area contributed by atoms with Crippen molar-refractivity contribution in [3.8, 4) is 0 Å². The Morgan fingerprint density at radius 1 is 1.25 bits per heavy atom. The Labute approximate surface area is 122 Å². The van der Waals surface area contributed by atoms with E-state index in [0.717, 1.165) is 22.0 Å². The first-order chi connectivity index (χ1) is 9.80. The summed E-state index contributed by atoms with van der Waals surface area (Å²) < 4.78 is 0. The van der Waals surface area contributed by atoms with Crippen molar-refractivity contribution in [2.24, 2.45) is 5.84 Å². The molecule has 0 amide bonds. The topological polar surface area (TPSA) is 75.9 Å². The van der Waals surface area contributed by atoms with E-state index in [-0.39, 0.29) is 0 Å². The molecule has 1 saturated carbocycles. The van der Waals surface area contributed by atoms with Gasteiger partial charge in [0.05, 0.1) is 5.52 Å². The maximum atomic E-state index is 5.46. The fraction of sp³-hybridized carbons (Fsp3) is 0.429. The summed E-state index contributed by atoms with van der Waals surface area (Å²) in [5.74, 6) is 6.78. The van der Waals surface area contributed by atoms with Crippen LogP contribution in [0.5, 0.6) is 0 Å². The summed E-state index contributed by atoms with van der Waals surface area (Å²) in [4.78, 5) is 8.84. The summed E-state index contributed by atoms with van der Waals surface area (Å²) in [5, 5.41) is 5.36. The van der Waals surface area contributed by atoms with Gasteiger partial charge in [0.2, 0.25) is 5.95 Å². The Morgan fingerprint density at radius 3 is 2.85 bits per heavy atom. The van der Waals surface area contributed by atoms with Crippen LogP contribution in [0.3, 0.4) is 0 Å². The number of nitrogen functional groups attached to an aromatic ring is 1. The van der Waals surface area contributed by atoms with Gasteiger partial charge in [-0.3, -0.25) is 5.43 Å². The Morgan fingerprint density at radius 2 is 2.10 bits per heavy atom. The molecule has 1 aromatic carbocycles. The number of para-hydroxylation sites is 1. The Balaban J connectivity index is 1.90. The number of thioether (sulfide) groups is 1. The zero-order valence-electron chi connectivity index (χ0n) is 11.5. The van der Waals surface area contributed by atoms with Crippen LogP contribution < -0.4 is 16.6 Å². The van der Waals surface area contributed by atoms with E-state index in [4.69, 9.17) is 5.84 Å². The van der Waals surface area contributed by atoms with Crippen LogP contribution in [0, 0.1) is 0 Å². The van der Waals surface area contributed by atoms with Crippen LogP contribution in [-0.2, 0) is 0 Å². The first kappa shape index (κ1) is 13.5. The van der Waals surface area contributed by atoms with Crippen LogP contribution >= 0.6 is 11.8 Å². The van der Waals surface area contributed by atoms with Crippen molar-refractivity contribution in [1.82, 2.24) is 9.97 Å². The minimum Gasteiger partial charge on any atom is -0.367 e. The molecule has 6 heteroatoms. The number of aromatic nitrogens is 2. The van der Waals surface area contributed by atoms with Crippen LogP contribution in [0.15, 0.2) is 24.3 Å². The number of benzene rings is 1. The maximum Gasteiger partial charge on any atom is 0.239 e. The summed E-state index contributed by atoms with van der Waals surface area (Å²) >= 11 is 1.95. The number of hydrogen-bond acceptors (Lipinski definition) is 6. The third-order valence-electron chi connectivity index (χ3n) is 3.79. The number of nitrogens with one attached hydrogen (secondary N) is 2. The Bertz CT molecular complexity index is 603. The molecule has 0 aliphatic heterocycles. The van der Waals surface area contributed by atoms with Gasteiger partial charge in [0.1, 0.15) is 5.82 Å². The van der Waals surface area contributed by atoms with E-state index in [2.05, 4.69) is 27.0 Å². The highest BCUT2D eigenvalue weighted by Gasteiger charge is 2.24. The molecule has 1 aliphatic rings. The first-order valence-electron chi connectivity index (χ1n) is 6.83. The molecule has 5 nitrogen and oxygen atoms in total. The van der Waals surface area contributed by atoms with Gasteiger partial charge in [-0.25, -0.2) is 10.8 Å². The number of nitrogens with two attached hydrogens (primary N) is 1. The Hall–Kier alpha value is -1.53. The van der Waals surface area contributed by atoms with E-state index in [1.165, 1.54) is 19.3 Å². The molecule has 1 heterocycles. The molecule has 0 saturated heterocycles. The molecule has 1 aliphatic carbocycles. The van der Waals surface area contributed by atoms with E-state index >= 15 is 0 Å². The van der Waals surface area contributed by atoms with Crippen molar-refractivity contribution >= 4 is 34.4 Å². The van der Waals surface area contributed by atoms with Crippen molar-refractivity contribution in [1.29, 1.82) is 0 Å². The van der Waals surface area contributed by atoms with Crippen molar-refractivity contribution in [2.45, 2.75) is 30.6 Å². The van der Waals surface area contributed by atoms with E-state index < -0.39 is 0 Å². The zero-order valence-corrected chi connectivity index (χ0v) is 12.3.